The molecule has 1 amide bonds. The van der Waals surface area contributed by atoms with Crippen LogP contribution in [-0.2, 0) is 4.79 Å². The topological polar surface area (TPSA) is 49.3 Å². The molecule has 6 heteroatoms. The number of aliphatic hydroxyl groups excluding tert-OH is 1. The molecule has 1 fully saturated rings. The number of alkyl halides is 3. The number of halogens is 3. The van der Waals surface area contributed by atoms with Crippen molar-refractivity contribution in [2.45, 2.75) is 57.7 Å². The first-order chi connectivity index (χ1) is 8.72. The second-order valence-corrected chi connectivity index (χ2v) is 5.66. The molecule has 1 aliphatic rings. The molecule has 112 valence electrons. The van der Waals surface area contributed by atoms with E-state index in [2.05, 4.69) is 5.32 Å². The number of amides is 1. The highest BCUT2D eigenvalue weighted by molar-refractivity contribution is 5.79. The van der Waals surface area contributed by atoms with Crippen LogP contribution in [0, 0.1) is 11.8 Å². The first-order valence-corrected chi connectivity index (χ1v) is 6.71. The van der Waals surface area contributed by atoms with Gasteiger partial charge in [-0.1, -0.05) is 13.3 Å². The Labute approximate surface area is 111 Å². The van der Waals surface area contributed by atoms with Crippen molar-refractivity contribution in [2.75, 3.05) is 6.61 Å². The lowest BCUT2D eigenvalue weighted by Gasteiger charge is -2.33. The van der Waals surface area contributed by atoms with E-state index in [0.717, 1.165) is 0 Å². The Hall–Kier alpha value is -0.780. The molecule has 0 heterocycles. The first kappa shape index (κ1) is 16.3. The molecule has 0 radical (unpaired) electrons. The molecule has 19 heavy (non-hydrogen) atoms. The van der Waals surface area contributed by atoms with E-state index < -0.39 is 23.6 Å². The van der Waals surface area contributed by atoms with Crippen LogP contribution in [0.2, 0.25) is 0 Å². The van der Waals surface area contributed by atoms with Crippen molar-refractivity contribution in [1.82, 2.24) is 5.32 Å². The van der Waals surface area contributed by atoms with E-state index in [9.17, 15) is 23.1 Å². The minimum absolute atomic E-state index is 0.109. The summed E-state index contributed by atoms with van der Waals surface area (Å²) in [5.41, 5.74) is -0.748. The van der Waals surface area contributed by atoms with Gasteiger partial charge in [0, 0.05) is 5.92 Å². The zero-order valence-corrected chi connectivity index (χ0v) is 11.4. The molecule has 1 rings (SSSR count). The van der Waals surface area contributed by atoms with Gasteiger partial charge in [-0.05, 0) is 32.6 Å². The van der Waals surface area contributed by atoms with Gasteiger partial charge in [-0.15, -0.1) is 0 Å². The molecule has 0 aromatic heterocycles. The molecule has 0 spiro atoms. The summed E-state index contributed by atoms with van der Waals surface area (Å²) in [5.74, 6) is -2.34. The first-order valence-electron chi connectivity index (χ1n) is 6.71. The van der Waals surface area contributed by atoms with Crippen LogP contribution in [0.4, 0.5) is 13.2 Å². The third-order valence-electron chi connectivity index (χ3n) is 4.06. The van der Waals surface area contributed by atoms with Crippen LogP contribution in [0.3, 0.4) is 0 Å². The fourth-order valence-electron chi connectivity index (χ4n) is 2.36. The minimum Gasteiger partial charge on any atom is -0.394 e. The maximum absolute atomic E-state index is 12.7. The van der Waals surface area contributed by atoms with Crippen molar-refractivity contribution in [2.24, 2.45) is 11.8 Å². The molecule has 0 aromatic carbocycles. The average Bonchev–Trinajstić information content (AvgIpc) is 2.37. The van der Waals surface area contributed by atoms with Crippen LogP contribution in [-0.4, -0.2) is 29.3 Å². The van der Waals surface area contributed by atoms with Crippen molar-refractivity contribution in [3.63, 3.8) is 0 Å². The highest BCUT2D eigenvalue weighted by Crippen LogP contribution is 2.40. The van der Waals surface area contributed by atoms with Gasteiger partial charge >= 0.3 is 6.18 Å². The normalized spacial score (nSPS) is 27.7. The van der Waals surface area contributed by atoms with E-state index in [0.29, 0.717) is 19.3 Å². The Morgan fingerprint density at radius 3 is 2.47 bits per heavy atom. The van der Waals surface area contributed by atoms with Crippen LogP contribution in [0.5, 0.6) is 0 Å². The molecular weight excluding hydrogens is 259 g/mol. The Bertz CT molecular complexity index is 314. The minimum atomic E-state index is -4.22. The van der Waals surface area contributed by atoms with Gasteiger partial charge in [0.25, 0.3) is 0 Å². The molecule has 3 atom stereocenters. The second-order valence-electron chi connectivity index (χ2n) is 5.66. The molecule has 0 bridgehead atoms. The number of aliphatic hydroxyl groups is 1. The number of nitrogens with one attached hydrogen (secondary N) is 1. The molecule has 0 aromatic rings. The lowest BCUT2D eigenvalue weighted by molar-refractivity contribution is -0.186. The molecule has 0 saturated heterocycles. The second kappa shape index (κ2) is 6.11. The van der Waals surface area contributed by atoms with Gasteiger partial charge in [-0.25, -0.2) is 0 Å². The maximum atomic E-state index is 12.7. The van der Waals surface area contributed by atoms with E-state index >= 15 is 0 Å². The van der Waals surface area contributed by atoms with Gasteiger partial charge in [0.1, 0.15) is 0 Å². The van der Waals surface area contributed by atoms with Crippen molar-refractivity contribution < 1.29 is 23.1 Å². The SMILES string of the molecule is CCC(C)(CO)NC(=O)C1CCCC(C(F)(F)F)C1. The molecule has 2 N–H and O–H groups in total. The quantitative estimate of drug-likeness (QED) is 0.832. The van der Waals surface area contributed by atoms with E-state index in [1.807, 2.05) is 6.92 Å². The van der Waals surface area contributed by atoms with E-state index in [4.69, 9.17) is 0 Å². The summed E-state index contributed by atoms with van der Waals surface area (Å²) in [6, 6.07) is 0. The smallest absolute Gasteiger partial charge is 0.391 e. The van der Waals surface area contributed by atoms with Gasteiger partial charge < -0.3 is 10.4 Å². The largest absolute Gasteiger partial charge is 0.394 e. The van der Waals surface area contributed by atoms with Crippen LogP contribution in [0.1, 0.15) is 46.0 Å². The third kappa shape index (κ3) is 4.37. The van der Waals surface area contributed by atoms with Gasteiger partial charge in [0.15, 0.2) is 0 Å². The zero-order chi connectivity index (χ0) is 14.7. The van der Waals surface area contributed by atoms with Crippen LogP contribution >= 0.6 is 0 Å². The fourth-order valence-corrected chi connectivity index (χ4v) is 2.36. The van der Waals surface area contributed by atoms with Gasteiger partial charge in [0.2, 0.25) is 5.91 Å². The van der Waals surface area contributed by atoms with Crippen LogP contribution in [0.15, 0.2) is 0 Å². The van der Waals surface area contributed by atoms with Crippen molar-refractivity contribution in [1.29, 1.82) is 0 Å². The number of hydrogen-bond donors (Lipinski definition) is 2. The molecular formula is C13H22F3NO2. The summed E-state index contributed by atoms with van der Waals surface area (Å²) in [4.78, 5) is 12.0. The Morgan fingerprint density at radius 2 is 2.00 bits per heavy atom. The molecule has 0 aliphatic heterocycles. The molecule has 3 unspecified atom stereocenters. The summed E-state index contributed by atoms with van der Waals surface area (Å²) >= 11 is 0. The monoisotopic (exact) mass is 281 g/mol. The van der Waals surface area contributed by atoms with E-state index in [1.54, 1.807) is 6.92 Å². The predicted octanol–water partition coefficient (Wildman–Crippen LogP) is 2.63. The Balaban J connectivity index is 2.62. The van der Waals surface area contributed by atoms with Crippen molar-refractivity contribution in [3.05, 3.63) is 0 Å². The molecule has 1 saturated carbocycles. The van der Waals surface area contributed by atoms with Crippen molar-refractivity contribution >= 4 is 5.91 Å². The number of hydrogen-bond acceptors (Lipinski definition) is 2. The summed E-state index contributed by atoms with van der Waals surface area (Å²) in [6.07, 6.45) is -2.80. The summed E-state index contributed by atoms with van der Waals surface area (Å²) in [5, 5.41) is 11.9. The summed E-state index contributed by atoms with van der Waals surface area (Å²) < 4.78 is 38.0. The van der Waals surface area contributed by atoms with Gasteiger partial charge in [0.05, 0.1) is 18.1 Å². The standard InChI is InChI=1S/C13H22F3NO2/c1-3-12(2,8-18)17-11(19)9-5-4-6-10(7-9)13(14,15)16/h9-10,18H,3-8H2,1-2H3,(H,17,19). The zero-order valence-electron chi connectivity index (χ0n) is 11.4. The van der Waals surface area contributed by atoms with Crippen molar-refractivity contribution in [3.8, 4) is 0 Å². The predicted molar refractivity (Wildman–Crippen MR) is 65.4 cm³/mol. The number of carbonyl (C=O) groups excluding carboxylic acids is 1. The van der Waals surface area contributed by atoms with E-state index in [-0.39, 0.29) is 25.4 Å². The number of rotatable bonds is 4. The Kier molecular flexibility index (Phi) is 5.24. The average molecular weight is 281 g/mol. The Morgan fingerprint density at radius 1 is 1.37 bits per heavy atom. The lowest BCUT2D eigenvalue weighted by atomic mass is 9.80. The summed E-state index contributed by atoms with van der Waals surface area (Å²) in [7, 11) is 0. The number of carbonyl (C=O) groups is 1. The molecule has 3 nitrogen and oxygen atoms in total. The van der Waals surface area contributed by atoms with Gasteiger partial charge in [-0.3, -0.25) is 4.79 Å². The summed E-state index contributed by atoms with van der Waals surface area (Å²) in [6.45, 7) is 3.29. The van der Waals surface area contributed by atoms with Gasteiger partial charge in [-0.2, -0.15) is 13.2 Å². The van der Waals surface area contributed by atoms with Crippen LogP contribution < -0.4 is 5.32 Å². The highest BCUT2D eigenvalue weighted by atomic mass is 19.4. The highest BCUT2D eigenvalue weighted by Gasteiger charge is 2.44. The van der Waals surface area contributed by atoms with E-state index in [1.165, 1.54) is 0 Å². The maximum Gasteiger partial charge on any atom is 0.391 e. The third-order valence-corrected chi connectivity index (χ3v) is 4.06. The van der Waals surface area contributed by atoms with Crippen LogP contribution in [0.25, 0.3) is 0 Å². The lowest BCUT2D eigenvalue weighted by Crippen LogP contribution is -2.51. The fraction of sp³-hybridized carbons (Fsp3) is 0.923. The molecule has 1 aliphatic carbocycles.